The van der Waals surface area contributed by atoms with Gasteiger partial charge < -0.3 is 14.4 Å². The lowest BCUT2D eigenvalue weighted by atomic mass is 9.71. The molecule has 6 nitrogen and oxygen atoms in total. The van der Waals surface area contributed by atoms with Gasteiger partial charge in [-0.05, 0) is 74.0 Å². The Morgan fingerprint density at radius 2 is 1.57 bits per heavy atom. The molecule has 2 saturated heterocycles. The number of benzene rings is 2. The number of nitrogens with one attached hydrogen (secondary N) is 1. The molecule has 0 atom stereocenters. The number of likely N-dealkylation sites (tertiary alicyclic amines) is 2. The fourth-order valence-corrected chi connectivity index (χ4v) is 5.38. The first-order valence-electron chi connectivity index (χ1n) is 12.5. The van der Waals surface area contributed by atoms with E-state index in [4.69, 9.17) is 9.47 Å². The van der Waals surface area contributed by atoms with Gasteiger partial charge in [0.25, 0.3) is 5.91 Å². The molecule has 1 N–H and O–H groups in total. The van der Waals surface area contributed by atoms with Gasteiger partial charge in [-0.25, -0.2) is 4.98 Å². The molecule has 2 aliphatic heterocycles. The van der Waals surface area contributed by atoms with Crippen LogP contribution in [-0.2, 0) is 6.54 Å². The summed E-state index contributed by atoms with van der Waals surface area (Å²) in [5, 5.41) is 0. The monoisotopic (exact) mass is 472 g/mol. The first-order chi connectivity index (χ1) is 17.1. The van der Waals surface area contributed by atoms with E-state index < -0.39 is 0 Å². The van der Waals surface area contributed by atoms with Gasteiger partial charge in [-0.1, -0.05) is 24.3 Å². The fraction of sp³-hybridized carbons (Fsp3) is 0.379. The molecular formula is C29H34N3O3+. The van der Waals surface area contributed by atoms with Gasteiger partial charge in [0.2, 0.25) is 0 Å². The van der Waals surface area contributed by atoms with Crippen molar-refractivity contribution < 1.29 is 19.3 Å². The fourth-order valence-electron chi connectivity index (χ4n) is 5.38. The number of aromatic amines is 1. The number of carbonyl (C=O) groups excluding carboxylic acids is 1. The van der Waals surface area contributed by atoms with Crippen molar-refractivity contribution in [3.8, 4) is 17.2 Å². The molecule has 3 aromatic rings. The summed E-state index contributed by atoms with van der Waals surface area (Å²) in [4.78, 5) is 20.4. The van der Waals surface area contributed by atoms with Crippen LogP contribution in [0.3, 0.4) is 0 Å². The third-order valence-corrected chi connectivity index (χ3v) is 7.59. The summed E-state index contributed by atoms with van der Waals surface area (Å²) in [6.45, 7) is 4.84. The highest BCUT2D eigenvalue weighted by Crippen LogP contribution is 2.42. The second-order valence-electron chi connectivity index (χ2n) is 9.76. The third kappa shape index (κ3) is 5.49. The Morgan fingerprint density at radius 1 is 0.886 bits per heavy atom. The molecule has 2 aromatic carbocycles. The van der Waals surface area contributed by atoms with Crippen LogP contribution in [0.1, 0.15) is 41.6 Å². The van der Waals surface area contributed by atoms with Gasteiger partial charge in [-0.3, -0.25) is 9.69 Å². The van der Waals surface area contributed by atoms with Crippen LogP contribution in [0.2, 0.25) is 0 Å². The highest BCUT2D eigenvalue weighted by Gasteiger charge is 2.38. The average molecular weight is 473 g/mol. The van der Waals surface area contributed by atoms with Crippen molar-refractivity contribution in [1.82, 2.24) is 9.80 Å². The molecule has 35 heavy (non-hydrogen) atoms. The number of methoxy groups -OCH3 is 1. The Morgan fingerprint density at radius 3 is 2.29 bits per heavy atom. The van der Waals surface area contributed by atoms with Gasteiger partial charge in [0, 0.05) is 31.8 Å². The minimum Gasteiger partial charge on any atom is -0.493 e. The molecule has 0 aliphatic carbocycles. The van der Waals surface area contributed by atoms with E-state index in [2.05, 4.69) is 28.1 Å². The predicted molar refractivity (Wildman–Crippen MR) is 135 cm³/mol. The minimum atomic E-state index is 0.154. The first kappa shape index (κ1) is 23.4. The molecule has 6 heteroatoms. The molecule has 1 amide bonds. The maximum atomic E-state index is 12.8. The lowest BCUT2D eigenvalue weighted by molar-refractivity contribution is -0.378. The molecule has 2 fully saturated rings. The SMILES string of the molecule is COc1ccccc1Oc1cccc(CN2CCC3(CC2)CCN(C(=O)c2cc[nH+]cc2)CC3)c1. The highest BCUT2D eigenvalue weighted by molar-refractivity contribution is 5.94. The molecule has 3 heterocycles. The zero-order valence-electron chi connectivity index (χ0n) is 20.4. The summed E-state index contributed by atoms with van der Waals surface area (Å²) < 4.78 is 11.5. The summed E-state index contributed by atoms with van der Waals surface area (Å²) in [6.07, 6.45) is 8.24. The molecular weight excluding hydrogens is 438 g/mol. The van der Waals surface area contributed by atoms with Crippen LogP contribution in [0.15, 0.2) is 73.1 Å². The third-order valence-electron chi connectivity index (χ3n) is 7.59. The van der Waals surface area contributed by atoms with Crippen LogP contribution in [0.5, 0.6) is 17.2 Å². The van der Waals surface area contributed by atoms with Gasteiger partial charge in [0.1, 0.15) is 5.75 Å². The van der Waals surface area contributed by atoms with Crippen molar-refractivity contribution in [2.75, 3.05) is 33.3 Å². The number of hydrogen-bond donors (Lipinski definition) is 0. The van der Waals surface area contributed by atoms with Crippen molar-refractivity contribution in [2.24, 2.45) is 5.41 Å². The molecule has 0 unspecified atom stereocenters. The predicted octanol–water partition coefficient (Wildman–Crippen LogP) is 4.82. The van der Waals surface area contributed by atoms with Crippen LogP contribution < -0.4 is 14.5 Å². The number of para-hydroxylation sites is 2. The normalized spacial score (nSPS) is 17.8. The maximum absolute atomic E-state index is 12.8. The number of rotatable bonds is 6. The molecule has 1 spiro atoms. The molecule has 2 aliphatic rings. The van der Waals surface area contributed by atoms with Crippen LogP contribution in [0.25, 0.3) is 0 Å². The van der Waals surface area contributed by atoms with Crippen molar-refractivity contribution in [3.63, 3.8) is 0 Å². The Bertz CT molecular complexity index is 1130. The maximum Gasteiger partial charge on any atom is 0.254 e. The van der Waals surface area contributed by atoms with E-state index in [-0.39, 0.29) is 5.91 Å². The first-order valence-corrected chi connectivity index (χ1v) is 12.5. The van der Waals surface area contributed by atoms with Gasteiger partial charge in [0.15, 0.2) is 23.9 Å². The van der Waals surface area contributed by atoms with E-state index >= 15 is 0 Å². The molecule has 0 saturated carbocycles. The Hall–Kier alpha value is -3.38. The van der Waals surface area contributed by atoms with Gasteiger partial charge >= 0.3 is 0 Å². The topological polar surface area (TPSA) is 56.2 Å². The van der Waals surface area contributed by atoms with Crippen LogP contribution in [0, 0.1) is 5.41 Å². The summed E-state index contributed by atoms with van der Waals surface area (Å²) in [5.74, 6) is 2.44. The van der Waals surface area contributed by atoms with E-state index in [1.165, 1.54) is 18.4 Å². The molecule has 0 bridgehead atoms. The molecule has 1 aromatic heterocycles. The number of H-pyrrole nitrogens is 1. The van der Waals surface area contributed by atoms with Gasteiger partial charge in [0.05, 0.1) is 12.7 Å². The Balaban J connectivity index is 1.13. The van der Waals surface area contributed by atoms with Crippen molar-refractivity contribution in [3.05, 3.63) is 84.2 Å². The number of pyridine rings is 1. The van der Waals surface area contributed by atoms with Crippen LogP contribution in [0.4, 0.5) is 0 Å². The summed E-state index contributed by atoms with van der Waals surface area (Å²) in [7, 11) is 1.66. The number of piperidine rings is 2. The van der Waals surface area contributed by atoms with Gasteiger partial charge in [-0.15, -0.1) is 0 Å². The number of aromatic nitrogens is 1. The summed E-state index contributed by atoms with van der Waals surface area (Å²) in [6, 6.07) is 19.8. The molecule has 182 valence electrons. The summed E-state index contributed by atoms with van der Waals surface area (Å²) in [5.41, 5.74) is 2.41. The van der Waals surface area contributed by atoms with E-state index in [9.17, 15) is 4.79 Å². The van der Waals surface area contributed by atoms with Crippen LogP contribution >= 0.6 is 0 Å². The number of nitrogens with zero attached hydrogens (tertiary/aromatic N) is 2. The molecule has 5 rings (SSSR count). The van der Waals surface area contributed by atoms with Crippen LogP contribution in [-0.4, -0.2) is 49.0 Å². The second kappa shape index (κ2) is 10.5. The van der Waals surface area contributed by atoms with E-state index in [1.807, 2.05) is 59.8 Å². The van der Waals surface area contributed by atoms with E-state index in [0.717, 1.165) is 68.4 Å². The van der Waals surface area contributed by atoms with Gasteiger partial charge in [-0.2, -0.15) is 0 Å². The smallest absolute Gasteiger partial charge is 0.254 e. The standard InChI is InChI=1S/C29H33N3O3/c1-34-26-7-2-3-8-27(26)35-25-6-4-5-23(21-25)22-31-17-11-29(12-18-31)13-19-32(20-14-29)28(33)24-9-15-30-16-10-24/h2-10,15-16,21H,11-14,17-20,22H2,1H3/p+1. The Kier molecular flexibility index (Phi) is 7.00. The van der Waals surface area contributed by atoms with Crippen molar-refractivity contribution in [2.45, 2.75) is 32.2 Å². The Labute approximate surface area is 207 Å². The second-order valence-corrected chi connectivity index (χ2v) is 9.76. The van der Waals surface area contributed by atoms with E-state index in [0.29, 0.717) is 5.41 Å². The lowest BCUT2D eigenvalue weighted by Gasteiger charge is -2.47. The van der Waals surface area contributed by atoms with E-state index in [1.54, 1.807) is 7.11 Å². The zero-order chi connectivity index (χ0) is 24.1. The minimum absolute atomic E-state index is 0.154. The lowest BCUT2D eigenvalue weighted by Crippen LogP contribution is -2.48. The quantitative estimate of drug-likeness (QED) is 0.516. The number of hydrogen-bond acceptors (Lipinski definition) is 4. The summed E-state index contributed by atoms with van der Waals surface area (Å²) >= 11 is 0. The van der Waals surface area contributed by atoms with Crippen molar-refractivity contribution in [1.29, 1.82) is 0 Å². The average Bonchev–Trinajstić information content (AvgIpc) is 2.91. The van der Waals surface area contributed by atoms with Crippen molar-refractivity contribution >= 4 is 5.91 Å². The highest BCUT2D eigenvalue weighted by atomic mass is 16.5. The number of amides is 1. The largest absolute Gasteiger partial charge is 0.493 e. The zero-order valence-corrected chi connectivity index (χ0v) is 20.4. The molecule has 0 radical (unpaired) electrons. The number of carbonyl (C=O) groups is 1. The number of ether oxygens (including phenoxy) is 2.